The second-order valence-electron chi connectivity index (χ2n) is 4.20. The van der Waals surface area contributed by atoms with E-state index in [-0.39, 0.29) is 5.78 Å². The van der Waals surface area contributed by atoms with Crippen LogP contribution in [-0.4, -0.2) is 23.2 Å². The van der Waals surface area contributed by atoms with E-state index >= 15 is 0 Å². The average molecular weight is 277 g/mol. The first-order chi connectivity index (χ1) is 9.13. The number of benzene rings is 1. The summed E-state index contributed by atoms with van der Waals surface area (Å²) in [4.78, 5) is 27.5. The molecule has 0 atom stereocenters. The Morgan fingerprint density at radius 2 is 2.05 bits per heavy atom. The zero-order valence-corrected chi connectivity index (χ0v) is 11.2. The van der Waals surface area contributed by atoms with Gasteiger partial charge in [-0.25, -0.2) is 4.98 Å². The van der Waals surface area contributed by atoms with Crippen molar-refractivity contribution in [1.29, 1.82) is 0 Å². The number of amides is 1. The van der Waals surface area contributed by atoms with Gasteiger partial charge in [0.2, 0.25) is 0 Å². The standard InChI is InChI=1S/C13H15N3O2S/c14-7-2-1-5-9(17)13-16-11-8(12(15)18)4-3-6-10(11)19-13/h3-4,6H,1-2,5,7,14H2,(H2,15,18). The number of ketones is 1. The van der Waals surface area contributed by atoms with Gasteiger partial charge in [0.25, 0.3) is 5.91 Å². The minimum absolute atomic E-state index is 0.00919. The third-order valence-corrected chi connectivity index (χ3v) is 3.84. The molecule has 4 N–H and O–H groups in total. The summed E-state index contributed by atoms with van der Waals surface area (Å²) in [6.45, 7) is 0.582. The van der Waals surface area contributed by atoms with Gasteiger partial charge in [-0.05, 0) is 31.5 Å². The predicted molar refractivity (Wildman–Crippen MR) is 75.4 cm³/mol. The van der Waals surface area contributed by atoms with E-state index in [1.54, 1.807) is 12.1 Å². The summed E-state index contributed by atoms with van der Waals surface area (Å²) in [6.07, 6.45) is 2.01. The Hall–Kier alpha value is -1.79. The molecule has 19 heavy (non-hydrogen) atoms. The molecule has 1 aromatic heterocycles. The first-order valence-corrected chi connectivity index (χ1v) is 6.87. The van der Waals surface area contributed by atoms with Gasteiger partial charge in [-0.3, -0.25) is 9.59 Å². The second-order valence-corrected chi connectivity index (χ2v) is 5.24. The largest absolute Gasteiger partial charge is 0.366 e. The minimum atomic E-state index is -0.530. The lowest BCUT2D eigenvalue weighted by atomic mass is 10.2. The van der Waals surface area contributed by atoms with E-state index in [4.69, 9.17) is 11.5 Å². The minimum Gasteiger partial charge on any atom is -0.366 e. The molecule has 0 radical (unpaired) electrons. The number of aromatic nitrogens is 1. The number of fused-ring (bicyclic) bond motifs is 1. The van der Waals surface area contributed by atoms with Gasteiger partial charge in [0.1, 0.15) is 0 Å². The highest BCUT2D eigenvalue weighted by atomic mass is 32.1. The van der Waals surface area contributed by atoms with E-state index in [9.17, 15) is 9.59 Å². The highest BCUT2D eigenvalue weighted by Crippen LogP contribution is 2.25. The molecule has 6 heteroatoms. The Morgan fingerprint density at radius 1 is 1.26 bits per heavy atom. The van der Waals surface area contributed by atoms with Gasteiger partial charge in [-0.15, -0.1) is 11.3 Å². The van der Waals surface area contributed by atoms with Crippen molar-refractivity contribution < 1.29 is 9.59 Å². The van der Waals surface area contributed by atoms with Gasteiger partial charge in [0.15, 0.2) is 10.8 Å². The lowest BCUT2D eigenvalue weighted by Crippen LogP contribution is -2.11. The van der Waals surface area contributed by atoms with Gasteiger partial charge in [0, 0.05) is 6.42 Å². The molecular formula is C13H15N3O2S. The van der Waals surface area contributed by atoms with Gasteiger partial charge >= 0.3 is 0 Å². The van der Waals surface area contributed by atoms with Crippen LogP contribution in [0.5, 0.6) is 0 Å². The van der Waals surface area contributed by atoms with Crippen LogP contribution in [0.2, 0.25) is 0 Å². The van der Waals surface area contributed by atoms with Crippen LogP contribution in [0.4, 0.5) is 0 Å². The van der Waals surface area contributed by atoms with Crippen molar-refractivity contribution >= 4 is 33.2 Å². The molecule has 0 aliphatic heterocycles. The van der Waals surface area contributed by atoms with E-state index in [2.05, 4.69) is 4.98 Å². The van der Waals surface area contributed by atoms with E-state index in [0.717, 1.165) is 17.5 Å². The molecule has 0 aliphatic rings. The van der Waals surface area contributed by atoms with Gasteiger partial charge in [-0.2, -0.15) is 0 Å². The number of hydrogen-bond donors (Lipinski definition) is 2. The molecule has 2 rings (SSSR count). The summed E-state index contributed by atoms with van der Waals surface area (Å²) in [5.41, 5.74) is 11.6. The number of rotatable bonds is 6. The normalized spacial score (nSPS) is 10.8. The zero-order chi connectivity index (χ0) is 13.8. The SMILES string of the molecule is NCCCCC(=O)c1nc2c(C(N)=O)cccc2s1. The number of nitrogens with two attached hydrogens (primary N) is 2. The molecular weight excluding hydrogens is 262 g/mol. The van der Waals surface area contributed by atoms with Crippen LogP contribution in [0.1, 0.15) is 39.4 Å². The number of Topliss-reactive ketones (excluding diaryl/α,β-unsaturated/α-hetero) is 1. The van der Waals surface area contributed by atoms with Crippen molar-refractivity contribution in [1.82, 2.24) is 4.98 Å². The van der Waals surface area contributed by atoms with E-state index in [1.165, 1.54) is 11.3 Å². The fourth-order valence-electron chi connectivity index (χ4n) is 1.80. The van der Waals surface area contributed by atoms with Gasteiger partial charge in [0.05, 0.1) is 15.8 Å². The molecule has 0 bridgehead atoms. The summed E-state index contributed by atoms with van der Waals surface area (Å²) < 4.78 is 0.804. The van der Waals surface area contributed by atoms with Crippen LogP contribution < -0.4 is 11.5 Å². The fourth-order valence-corrected chi connectivity index (χ4v) is 2.76. The predicted octanol–water partition coefficient (Wildman–Crippen LogP) is 1.71. The molecule has 0 saturated carbocycles. The van der Waals surface area contributed by atoms with Crippen molar-refractivity contribution in [2.24, 2.45) is 11.5 Å². The molecule has 2 aromatic rings. The van der Waals surface area contributed by atoms with Gasteiger partial charge in [-0.1, -0.05) is 6.07 Å². The molecule has 0 aliphatic carbocycles. The maximum Gasteiger partial charge on any atom is 0.250 e. The van der Waals surface area contributed by atoms with Crippen LogP contribution >= 0.6 is 11.3 Å². The second kappa shape index (κ2) is 5.90. The lowest BCUT2D eigenvalue weighted by molar-refractivity contribution is 0.0975. The number of carbonyl (C=O) groups is 2. The molecule has 100 valence electrons. The third kappa shape index (κ3) is 2.97. The fraction of sp³-hybridized carbons (Fsp3) is 0.308. The highest BCUT2D eigenvalue weighted by Gasteiger charge is 2.15. The van der Waals surface area contributed by atoms with Crippen molar-refractivity contribution in [3.63, 3.8) is 0 Å². The molecule has 1 aromatic carbocycles. The van der Waals surface area contributed by atoms with E-state index in [0.29, 0.717) is 29.1 Å². The number of thiazole rings is 1. The maximum atomic E-state index is 12.0. The lowest BCUT2D eigenvalue weighted by Gasteiger charge is -1.96. The summed E-state index contributed by atoms with van der Waals surface area (Å²) in [7, 11) is 0. The van der Waals surface area contributed by atoms with Crippen LogP contribution in [0.15, 0.2) is 18.2 Å². The molecule has 0 unspecified atom stereocenters. The first kappa shape index (κ1) is 13.6. The van der Waals surface area contributed by atoms with Crippen LogP contribution in [0, 0.1) is 0 Å². The Bertz CT molecular complexity index is 621. The number of primary amides is 1. The number of para-hydroxylation sites is 1. The maximum absolute atomic E-state index is 12.0. The van der Waals surface area contributed by atoms with Crippen molar-refractivity contribution in [2.75, 3.05) is 6.54 Å². The van der Waals surface area contributed by atoms with Crippen molar-refractivity contribution in [2.45, 2.75) is 19.3 Å². The molecule has 0 saturated heterocycles. The average Bonchev–Trinajstić information content (AvgIpc) is 2.82. The van der Waals surface area contributed by atoms with Crippen LogP contribution in [0.3, 0.4) is 0 Å². The highest BCUT2D eigenvalue weighted by molar-refractivity contribution is 7.20. The Labute approximate surface area is 114 Å². The summed E-state index contributed by atoms with van der Waals surface area (Å²) in [6, 6.07) is 5.19. The molecule has 5 nitrogen and oxygen atoms in total. The van der Waals surface area contributed by atoms with E-state index < -0.39 is 5.91 Å². The van der Waals surface area contributed by atoms with Crippen molar-refractivity contribution in [3.8, 4) is 0 Å². The van der Waals surface area contributed by atoms with Crippen molar-refractivity contribution in [3.05, 3.63) is 28.8 Å². The zero-order valence-electron chi connectivity index (χ0n) is 10.4. The monoisotopic (exact) mass is 277 g/mol. The number of hydrogen-bond acceptors (Lipinski definition) is 5. The molecule has 0 fully saturated rings. The number of carbonyl (C=O) groups excluding carboxylic acids is 2. The summed E-state index contributed by atoms with van der Waals surface area (Å²) in [5.74, 6) is -0.539. The Balaban J connectivity index is 2.28. The van der Waals surface area contributed by atoms with Crippen LogP contribution in [0.25, 0.3) is 10.2 Å². The summed E-state index contributed by atoms with van der Waals surface area (Å²) >= 11 is 1.30. The van der Waals surface area contributed by atoms with Gasteiger partial charge < -0.3 is 11.5 Å². The summed E-state index contributed by atoms with van der Waals surface area (Å²) in [5, 5.41) is 0.431. The van der Waals surface area contributed by atoms with Crippen LogP contribution in [-0.2, 0) is 0 Å². The smallest absolute Gasteiger partial charge is 0.250 e. The Morgan fingerprint density at radius 3 is 2.74 bits per heavy atom. The third-order valence-electron chi connectivity index (χ3n) is 2.78. The number of unbranched alkanes of at least 4 members (excludes halogenated alkanes) is 1. The Kier molecular flexibility index (Phi) is 4.24. The first-order valence-electron chi connectivity index (χ1n) is 6.06. The molecule has 1 amide bonds. The molecule has 0 spiro atoms. The molecule has 1 heterocycles. The topological polar surface area (TPSA) is 99.1 Å². The quantitative estimate of drug-likeness (QED) is 0.620. The van der Waals surface area contributed by atoms with E-state index in [1.807, 2.05) is 6.07 Å². The number of nitrogens with zero attached hydrogens (tertiary/aromatic N) is 1.